The zero-order valence-corrected chi connectivity index (χ0v) is 9.61. The molecule has 2 aliphatic rings. The highest BCUT2D eigenvalue weighted by atomic mass is 16.2. The monoisotopic (exact) mass is 221 g/mol. The predicted molar refractivity (Wildman–Crippen MR) is 60.6 cm³/mol. The molecule has 0 aromatic heterocycles. The van der Waals surface area contributed by atoms with Gasteiger partial charge in [-0.1, -0.05) is 19.3 Å². The summed E-state index contributed by atoms with van der Waals surface area (Å²) >= 11 is 0. The molecule has 1 N–H and O–H groups in total. The van der Waals surface area contributed by atoms with E-state index in [1.54, 1.807) is 0 Å². The fourth-order valence-electron chi connectivity index (χ4n) is 2.76. The molecule has 1 unspecified atom stereocenters. The molecule has 4 nitrogen and oxygen atoms in total. The van der Waals surface area contributed by atoms with Crippen molar-refractivity contribution in [2.45, 2.75) is 50.6 Å². The van der Waals surface area contributed by atoms with Gasteiger partial charge in [-0.05, 0) is 12.8 Å². The van der Waals surface area contributed by atoms with Crippen LogP contribution in [0.3, 0.4) is 0 Å². The maximum atomic E-state index is 12.1. The molecule has 88 valence electrons. The Hall–Kier alpha value is -1.08. The van der Waals surface area contributed by atoms with Crippen molar-refractivity contribution in [2.75, 3.05) is 13.1 Å². The van der Waals surface area contributed by atoms with Crippen LogP contribution < -0.4 is 5.32 Å². The third kappa shape index (κ3) is 2.35. The Labute approximate surface area is 96.6 Å². The number of nitriles is 1. The van der Waals surface area contributed by atoms with Crippen molar-refractivity contribution in [3.05, 3.63) is 0 Å². The highest BCUT2D eigenvalue weighted by Gasteiger charge is 2.32. The van der Waals surface area contributed by atoms with E-state index in [9.17, 15) is 4.79 Å². The molecule has 0 spiro atoms. The molecule has 1 saturated heterocycles. The molecule has 1 aliphatic heterocycles. The first-order valence-electron chi connectivity index (χ1n) is 6.23. The van der Waals surface area contributed by atoms with Crippen LogP contribution in [0.15, 0.2) is 0 Å². The van der Waals surface area contributed by atoms with Crippen LogP contribution in [-0.2, 0) is 4.79 Å². The number of amides is 1. The first kappa shape index (κ1) is 11.4. The van der Waals surface area contributed by atoms with Gasteiger partial charge >= 0.3 is 0 Å². The largest absolute Gasteiger partial charge is 0.337 e. The van der Waals surface area contributed by atoms with E-state index in [2.05, 4.69) is 11.4 Å². The van der Waals surface area contributed by atoms with E-state index < -0.39 is 0 Å². The Morgan fingerprint density at radius 1 is 1.38 bits per heavy atom. The van der Waals surface area contributed by atoms with Crippen molar-refractivity contribution >= 4 is 5.91 Å². The molecule has 4 heteroatoms. The van der Waals surface area contributed by atoms with Gasteiger partial charge in [0.15, 0.2) is 0 Å². The number of nitrogens with zero attached hydrogens (tertiary/aromatic N) is 2. The lowest BCUT2D eigenvalue weighted by Gasteiger charge is -2.39. The smallest absolute Gasteiger partial charge is 0.241 e. The Kier molecular flexibility index (Phi) is 3.79. The van der Waals surface area contributed by atoms with E-state index in [0.29, 0.717) is 12.5 Å². The van der Waals surface area contributed by atoms with Gasteiger partial charge in [0, 0.05) is 19.1 Å². The summed E-state index contributed by atoms with van der Waals surface area (Å²) in [5.41, 5.74) is 0. The van der Waals surface area contributed by atoms with Gasteiger partial charge in [-0.25, -0.2) is 0 Å². The molecular weight excluding hydrogens is 202 g/mol. The molecule has 0 aromatic rings. The minimum atomic E-state index is -0.263. The highest BCUT2D eigenvalue weighted by molar-refractivity contribution is 5.83. The molecular formula is C12H19N3O. The molecule has 2 rings (SSSR count). The Morgan fingerprint density at radius 3 is 2.81 bits per heavy atom. The maximum Gasteiger partial charge on any atom is 0.241 e. The zero-order chi connectivity index (χ0) is 11.4. The second-order valence-electron chi connectivity index (χ2n) is 4.69. The van der Waals surface area contributed by atoms with Crippen molar-refractivity contribution in [3.8, 4) is 6.07 Å². The zero-order valence-electron chi connectivity index (χ0n) is 9.61. The minimum Gasteiger partial charge on any atom is -0.337 e. The molecule has 2 fully saturated rings. The standard InChI is InChI=1S/C12H19N3O/c13-7-6-11-12(16)15(9-8-14-11)10-4-2-1-3-5-10/h10-11,14H,1-6,8-9H2. The lowest BCUT2D eigenvalue weighted by Crippen LogP contribution is -2.58. The van der Waals surface area contributed by atoms with Crippen LogP contribution in [0.2, 0.25) is 0 Å². The Balaban J connectivity index is 1.98. The van der Waals surface area contributed by atoms with Gasteiger partial charge in [-0.3, -0.25) is 4.79 Å². The summed E-state index contributed by atoms with van der Waals surface area (Å²) in [6.07, 6.45) is 6.37. The van der Waals surface area contributed by atoms with E-state index in [-0.39, 0.29) is 11.9 Å². The first-order chi connectivity index (χ1) is 7.83. The molecule has 0 radical (unpaired) electrons. The molecule has 1 amide bonds. The van der Waals surface area contributed by atoms with Gasteiger partial charge < -0.3 is 10.2 Å². The number of rotatable bonds is 2. The molecule has 1 atom stereocenters. The molecule has 0 bridgehead atoms. The lowest BCUT2D eigenvalue weighted by atomic mass is 9.93. The van der Waals surface area contributed by atoms with Gasteiger partial charge in [0.2, 0.25) is 5.91 Å². The fraction of sp³-hybridized carbons (Fsp3) is 0.833. The fourth-order valence-corrected chi connectivity index (χ4v) is 2.76. The average molecular weight is 221 g/mol. The predicted octanol–water partition coefficient (Wildman–Crippen LogP) is 1.03. The molecule has 1 aliphatic carbocycles. The van der Waals surface area contributed by atoms with E-state index in [0.717, 1.165) is 25.9 Å². The van der Waals surface area contributed by atoms with Crippen LogP contribution in [0.5, 0.6) is 0 Å². The van der Waals surface area contributed by atoms with E-state index in [4.69, 9.17) is 5.26 Å². The second kappa shape index (κ2) is 5.31. The summed E-state index contributed by atoms with van der Waals surface area (Å²) in [4.78, 5) is 14.1. The minimum absolute atomic E-state index is 0.139. The Morgan fingerprint density at radius 2 is 2.12 bits per heavy atom. The highest BCUT2D eigenvalue weighted by Crippen LogP contribution is 2.24. The number of piperazine rings is 1. The van der Waals surface area contributed by atoms with Crippen molar-refractivity contribution in [3.63, 3.8) is 0 Å². The lowest BCUT2D eigenvalue weighted by molar-refractivity contribution is -0.138. The quantitative estimate of drug-likeness (QED) is 0.757. The van der Waals surface area contributed by atoms with Crippen LogP contribution >= 0.6 is 0 Å². The van der Waals surface area contributed by atoms with Crippen LogP contribution in [-0.4, -0.2) is 36.0 Å². The number of nitrogens with one attached hydrogen (secondary N) is 1. The van der Waals surface area contributed by atoms with Crippen LogP contribution in [0.25, 0.3) is 0 Å². The number of carbonyl (C=O) groups excluding carboxylic acids is 1. The van der Waals surface area contributed by atoms with E-state index in [1.807, 2.05) is 4.90 Å². The van der Waals surface area contributed by atoms with Crippen LogP contribution in [0.1, 0.15) is 38.5 Å². The number of hydrogen-bond donors (Lipinski definition) is 1. The summed E-state index contributed by atoms with van der Waals surface area (Å²) in [5, 5.41) is 11.8. The normalized spacial score (nSPS) is 27.8. The Bertz CT molecular complexity index is 291. The third-order valence-electron chi connectivity index (χ3n) is 3.64. The van der Waals surface area contributed by atoms with Gasteiger partial charge in [-0.15, -0.1) is 0 Å². The van der Waals surface area contributed by atoms with Gasteiger partial charge in [0.25, 0.3) is 0 Å². The summed E-state index contributed by atoms with van der Waals surface area (Å²) < 4.78 is 0. The molecule has 1 saturated carbocycles. The molecule has 16 heavy (non-hydrogen) atoms. The SMILES string of the molecule is N#CCC1NCCN(C2CCCCC2)C1=O. The third-order valence-corrected chi connectivity index (χ3v) is 3.64. The van der Waals surface area contributed by atoms with Crippen molar-refractivity contribution in [1.82, 2.24) is 10.2 Å². The van der Waals surface area contributed by atoms with Gasteiger partial charge in [0.05, 0.1) is 12.5 Å². The van der Waals surface area contributed by atoms with E-state index in [1.165, 1.54) is 19.3 Å². The summed E-state index contributed by atoms with van der Waals surface area (Å²) in [6, 6.07) is 2.25. The summed E-state index contributed by atoms with van der Waals surface area (Å²) in [6.45, 7) is 1.64. The number of carbonyl (C=O) groups is 1. The van der Waals surface area contributed by atoms with Gasteiger partial charge in [-0.2, -0.15) is 5.26 Å². The number of hydrogen-bond acceptors (Lipinski definition) is 3. The van der Waals surface area contributed by atoms with E-state index >= 15 is 0 Å². The topological polar surface area (TPSA) is 56.1 Å². The van der Waals surface area contributed by atoms with Crippen LogP contribution in [0.4, 0.5) is 0 Å². The summed E-state index contributed by atoms with van der Waals surface area (Å²) in [5.74, 6) is 0.139. The molecule has 1 heterocycles. The van der Waals surface area contributed by atoms with Crippen molar-refractivity contribution in [2.24, 2.45) is 0 Å². The van der Waals surface area contributed by atoms with Crippen molar-refractivity contribution < 1.29 is 4.79 Å². The van der Waals surface area contributed by atoms with Crippen LogP contribution in [0, 0.1) is 11.3 Å². The maximum absolute atomic E-state index is 12.1. The molecule has 0 aromatic carbocycles. The van der Waals surface area contributed by atoms with Crippen molar-refractivity contribution in [1.29, 1.82) is 5.26 Å². The second-order valence-corrected chi connectivity index (χ2v) is 4.69. The van der Waals surface area contributed by atoms with Gasteiger partial charge in [0.1, 0.15) is 6.04 Å². The first-order valence-corrected chi connectivity index (χ1v) is 6.23. The average Bonchev–Trinajstić information content (AvgIpc) is 2.33. The summed E-state index contributed by atoms with van der Waals surface area (Å²) in [7, 11) is 0.